The first-order valence-corrected chi connectivity index (χ1v) is 7.91. The molecule has 1 aliphatic heterocycles. The van der Waals surface area contributed by atoms with Crippen LogP contribution in [0, 0.1) is 23.5 Å². The summed E-state index contributed by atoms with van der Waals surface area (Å²) in [7, 11) is 0. The van der Waals surface area contributed by atoms with Crippen molar-refractivity contribution < 1.29 is 8.78 Å². The Morgan fingerprint density at radius 3 is 2.33 bits per heavy atom. The van der Waals surface area contributed by atoms with E-state index in [0.717, 1.165) is 56.6 Å². The summed E-state index contributed by atoms with van der Waals surface area (Å²) in [4.78, 5) is 2.28. The third-order valence-electron chi connectivity index (χ3n) is 4.02. The summed E-state index contributed by atoms with van der Waals surface area (Å²) in [6, 6.07) is 3.79. The van der Waals surface area contributed by atoms with E-state index in [1.807, 2.05) is 0 Å². The maximum absolute atomic E-state index is 13.2. The number of hydrogen-bond donors (Lipinski definition) is 1. The van der Waals surface area contributed by atoms with Crippen LogP contribution in [-0.4, -0.2) is 31.1 Å². The molecule has 1 heterocycles. The summed E-state index contributed by atoms with van der Waals surface area (Å²) in [5, 5.41) is 3.52. The van der Waals surface area contributed by atoms with Crippen molar-refractivity contribution in [3.63, 3.8) is 0 Å². The SMILES string of the molecule is CC(C)CNCC1CCN(Cc2cc(F)cc(F)c2)CC1. The van der Waals surface area contributed by atoms with Gasteiger partial charge in [0.1, 0.15) is 11.6 Å². The van der Waals surface area contributed by atoms with Crippen molar-refractivity contribution in [1.29, 1.82) is 0 Å². The van der Waals surface area contributed by atoms with Gasteiger partial charge in [0.2, 0.25) is 0 Å². The van der Waals surface area contributed by atoms with Crippen molar-refractivity contribution in [2.75, 3.05) is 26.2 Å². The predicted molar refractivity (Wildman–Crippen MR) is 82.1 cm³/mol. The van der Waals surface area contributed by atoms with E-state index in [2.05, 4.69) is 24.1 Å². The van der Waals surface area contributed by atoms with Crippen LogP contribution >= 0.6 is 0 Å². The second kappa shape index (κ2) is 7.85. The Balaban J connectivity index is 1.73. The lowest BCUT2D eigenvalue weighted by Crippen LogP contribution is -2.37. The van der Waals surface area contributed by atoms with Crippen molar-refractivity contribution in [1.82, 2.24) is 10.2 Å². The topological polar surface area (TPSA) is 15.3 Å². The summed E-state index contributed by atoms with van der Waals surface area (Å²) in [6.07, 6.45) is 2.31. The molecule has 1 aromatic carbocycles. The normalized spacial score (nSPS) is 17.6. The van der Waals surface area contributed by atoms with Crippen LogP contribution in [0.5, 0.6) is 0 Å². The Bertz CT molecular complexity index is 420. The van der Waals surface area contributed by atoms with Gasteiger partial charge in [-0.2, -0.15) is 0 Å². The van der Waals surface area contributed by atoms with Crippen LogP contribution in [0.1, 0.15) is 32.3 Å². The summed E-state index contributed by atoms with van der Waals surface area (Å²) >= 11 is 0. The minimum absolute atomic E-state index is 0.488. The zero-order valence-corrected chi connectivity index (χ0v) is 13.0. The molecule has 1 aromatic rings. The molecule has 1 fully saturated rings. The van der Waals surface area contributed by atoms with Gasteiger partial charge in [-0.1, -0.05) is 13.8 Å². The number of likely N-dealkylation sites (tertiary alicyclic amines) is 1. The monoisotopic (exact) mass is 296 g/mol. The van der Waals surface area contributed by atoms with Gasteiger partial charge in [-0.05, 0) is 68.6 Å². The highest BCUT2D eigenvalue weighted by Gasteiger charge is 2.19. The van der Waals surface area contributed by atoms with Gasteiger partial charge in [-0.25, -0.2) is 8.78 Å². The van der Waals surface area contributed by atoms with E-state index >= 15 is 0 Å². The molecule has 118 valence electrons. The Morgan fingerprint density at radius 1 is 1.14 bits per heavy atom. The van der Waals surface area contributed by atoms with Gasteiger partial charge >= 0.3 is 0 Å². The van der Waals surface area contributed by atoms with Gasteiger partial charge in [-0.3, -0.25) is 4.90 Å². The highest BCUT2D eigenvalue weighted by atomic mass is 19.1. The molecule has 0 unspecified atom stereocenters. The third-order valence-corrected chi connectivity index (χ3v) is 4.02. The van der Waals surface area contributed by atoms with Crippen LogP contribution in [0.2, 0.25) is 0 Å². The number of piperidine rings is 1. The van der Waals surface area contributed by atoms with Crippen LogP contribution in [0.3, 0.4) is 0 Å². The van der Waals surface area contributed by atoms with Crippen LogP contribution in [0.25, 0.3) is 0 Å². The molecular weight excluding hydrogens is 270 g/mol. The molecule has 1 saturated heterocycles. The van der Waals surface area contributed by atoms with Crippen molar-refractivity contribution in [3.05, 3.63) is 35.4 Å². The molecule has 0 radical (unpaired) electrons. The summed E-state index contributed by atoms with van der Waals surface area (Å²) < 4.78 is 26.4. The van der Waals surface area contributed by atoms with E-state index in [1.165, 1.54) is 12.1 Å². The molecule has 0 spiro atoms. The van der Waals surface area contributed by atoms with E-state index in [1.54, 1.807) is 0 Å². The minimum Gasteiger partial charge on any atom is -0.316 e. The van der Waals surface area contributed by atoms with Gasteiger partial charge in [0, 0.05) is 12.6 Å². The number of hydrogen-bond acceptors (Lipinski definition) is 2. The lowest BCUT2D eigenvalue weighted by molar-refractivity contribution is 0.174. The number of rotatable bonds is 6. The van der Waals surface area contributed by atoms with Crippen molar-refractivity contribution in [3.8, 4) is 0 Å². The molecule has 0 atom stereocenters. The maximum atomic E-state index is 13.2. The quantitative estimate of drug-likeness (QED) is 0.865. The largest absolute Gasteiger partial charge is 0.316 e. The Hall–Kier alpha value is -1.00. The first-order valence-electron chi connectivity index (χ1n) is 7.91. The zero-order valence-electron chi connectivity index (χ0n) is 13.0. The van der Waals surface area contributed by atoms with Crippen molar-refractivity contribution in [2.45, 2.75) is 33.2 Å². The second-order valence-electron chi connectivity index (χ2n) is 6.55. The number of benzene rings is 1. The molecule has 1 N–H and O–H groups in total. The van der Waals surface area contributed by atoms with E-state index in [0.29, 0.717) is 12.5 Å². The Kier molecular flexibility index (Phi) is 6.12. The summed E-state index contributed by atoms with van der Waals surface area (Å²) in [5.74, 6) is 0.438. The van der Waals surface area contributed by atoms with Gasteiger partial charge < -0.3 is 5.32 Å². The highest BCUT2D eigenvalue weighted by molar-refractivity contribution is 5.17. The van der Waals surface area contributed by atoms with Crippen LogP contribution < -0.4 is 5.32 Å². The maximum Gasteiger partial charge on any atom is 0.126 e. The molecule has 0 aliphatic carbocycles. The van der Waals surface area contributed by atoms with Crippen LogP contribution in [0.15, 0.2) is 18.2 Å². The first-order chi connectivity index (χ1) is 10.0. The molecule has 4 heteroatoms. The predicted octanol–water partition coefficient (Wildman–Crippen LogP) is 3.42. The molecular formula is C17H26F2N2. The molecule has 0 aromatic heterocycles. The Labute approximate surface area is 126 Å². The minimum atomic E-state index is -0.488. The fraction of sp³-hybridized carbons (Fsp3) is 0.647. The molecule has 0 amide bonds. The molecule has 1 aliphatic rings. The van der Waals surface area contributed by atoms with E-state index < -0.39 is 11.6 Å². The van der Waals surface area contributed by atoms with Crippen molar-refractivity contribution in [2.24, 2.45) is 11.8 Å². The average Bonchev–Trinajstić information content (AvgIpc) is 2.39. The number of nitrogens with zero attached hydrogens (tertiary/aromatic N) is 1. The van der Waals surface area contributed by atoms with Gasteiger partial charge in [0.15, 0.2) is 0 Å². The fourth-order valence-electron chi connectivity index (χ4n) is 2.89. The highest BCUT2D eigenvalue weighted by Crippen LogP contribution is 2.19. The first kappa shape index (κ1) is 16.4. The van der Waals surface area contributed by atoms with Gasteiger partial charge in [0.05, 0.1) is 0 Å². The molecule has 0 saturated carbocycles. The third kappa shape index (κ3) is 5.71. The number of nitrogens with one attached hydrogen (secondary N) is 1. The zero-order chi connectivity index (χ0) is 15.2. The molecule has 2 rings (SSSR count). The van der Waals surface area contributed by atoms with E-state index in [-0.39, 0.29) is 0 Å². The van der Waals surface area contributed by atoms with E-state index in [9.17, 15) is 8.78 Å². The molecule has 21 heavy (non-hydrogen) atoms. The number of halogens is 2. The Morgan fingerprint density at radius 2 is 1.76 bits per heavy atom. The van der Waals surface area contributed by atoms with Gasteiger partial charge in [-0.15, -0.1) is 0 Å². The standard InChI is InChI=1S/C17H26F2N2/c1-13(2)10-20-11-14-3-5-21(6-4-14)12-15-7-16(18)9-17(19)8-15/h7-9,13-14,20H,3-6,10-12H2,1-2H3. The fourth-order valence-corrected chi connectivity index (χ4v) is 2.89. The van der Waals surface area contributed by atoms with E-state index in [4.69, 9.17) is 0 Å². The average molecular weight is 296 g/mol. The van der Waals surface area contributed by atoms with Crippen LogP contribution in [0.4, 0.5) is 8.78 Å². The van der Waals surface area contributed by atoms with Crippen molar-refractivity contribution >= 4 is 0 Å². The summed E-state index contributed by atoms with van der Waals surface area (Å²) in [5.41, 5.74) is 0.726. The van der Waals surface area contributed by atoms with Crippen LogP contribution in [-0.2, 0) is 6.54 Å². The van der Waals surface area contributed by atoms with Gasteiger partial charge in [0.25, 0.3) is 0 Å². The molecule has 2 nitrogen and oxygen atoms in total. The smallest absolute Gasteiger partial charge is 0.126 e. The lowest BCUT2D eigenvalue weighted by atomic mass is 9.96. The summed E-state index contributed by atoms with van der Waals surface area (Å²) in [6.45, 7) is 9.24. The second-order valence-corrected chi connectivity index (χ2v) is 6.55. The lowest BCUT2D eigenvalue weighted by Gasteiger charge is -2.32. The molecule has 0 bridgehead atoms.